The van der Waals surface area contributed by atoms with E-state index >= 15 is 0 Å². The van der Waals surface area contributed by atoms with Crippen LogP contribution >= 0.6 is 11.3 Å². The number of hydrogen-bond acceptors (Lipinski definition) is 4. The van der Waals surface area contributed by atoms with Crippen LogP contribution in [0.15, 0.2) is 52.9 Å². The smallest absolute Gasteiger partial charge is 0.271 e. The molecule has 1 N–H and O–H groups in total. The molecule has 1 amide bonds. The lowest BCUT2D eigenvalue weighted by Gasteiger charge is -2.04. The molecule has 6 heteroatoms. The molecule has 5 nitrogen and oxygen atoms in total. The number of benzene rings is 1. The van der Waals surface area contributed by atoms with Crippen LogP contribution in [0.3, 0.4) is 0 Å². The van der Waals surface area contributed by atoms with Crippen molar-refractivity contribution < 1.29 is 4.79 Å². The first-order valence-electron chi connectivity index (χ1n) is 5.57. The number of anilines is 1. The zero-order valence-corrected chi connectivity index (χ0v) is 10.6. The fraction of sp³-hybridized carbons (Fsp3) is 0. The molecular weight excluding hydrogens is 262 g/mol. The lowest BCUT2D eigenvalue weighted by atomic mass is 10.2. The summed E-state index contributed by atoms with van der Waals surface area (Å²) in [7, 11) is 0. The molecule has 0 aliphatic rings. The second-order valence-corrected chi connectivity index (χ2v) is 4.73. The van der Waals surface area contributed by atoms with Gasteiger partial charge in [-0.2, -0.15) is 0 Å². The third-order valence-corrected chi connectivity index (χ3v) is 3.39. The molecule has 0 aliphatic heterocycles. The van der Waals surface area contributed by atoms with Gasteiger partial charge < -0.3 is 5.32 Å². The lowest BCUT2D eigenvalue weighted by Crippen LogP contribution is -2.25. The molecule has 1 aromatic carbocycles. The van der Waals surface area contributed by atoms with E-state index in [2.05, 4.69) is 10.3 Å². The van der Waals surface area contributed by atoms with E-state index in [0.29, 0.717) is 10.6 Å². The summed E-state index contributed by atoms with van der Waals surface area (Å²) < 4.78 is 1.37. The van der Waals surface area contributed by atoms with E-state index in [0.717, 1.165) is 0 Å². The van der Waals surface area contributed by atoms with E-state index in [1.54, 1.807) is 23.7 Å². The van der Waals surface area contributed by atoms with E-state index < -0.39 is 5.91 Å². The van der Waals surface area contributed by atoms with Crippen LogP contribution in [-0.2, 0) is 0 Å². The van der Waals surface area contributed by atoms with Crippen LogP contribution < -0.4 is 10.9 Å². The van der Waals surface area contributed by atoms with Crippen molar-refractivity contribution in [3.8, 4) is 0 Å². The SMILES string of the molecule is O=C(Nc1ccccc1)c1cnc2sccn2c1=O. The molecule has 2 heterocycles. The van der Waals surface area contributed by atoms with Gasteiger partial charge in [0.25, 0.3) is 11.5 Å². The lowest BCUT2D eigenvalue weighted by molar-refractivity contribution is 0.102. The molecule has 0 bridgehead atoms. The fourth-order valence-corrected chi connectivity index (χ4v) is 2.38. The summed E-state index contributed by atoms with van der Waals surface area (Å²) in [5.74, 6) is -0.454. The maximum Gasteiger partial charge on any atom is 0.271 e. The van der Waals surface area contributed by atoms with Crippen LogP contribution in [0.1, 0.15) is 10.4 Å². The molecule has 2 aromatic heterocycles. The van der Waals surface area contributed by atoms with Crippen molar-refractivity contribution in [2.24, 2.45) is 0 Å². The minimum Gasteiger partial charge on any atom is -0.322 e. The average molecular weight is 271 g/mol. The Bertz CT molecular complexity index is 792. The molecule has 0 radical (unpaired) electrons. The monoisotopic (exact) mass is 271 g/mol. The van der Waals surface area contributed by atoms with E-state index in [4.69, 9.17) is 0 Å². The highest BCUT2D eigenvalue weighted by molar-refractivity contribution is 7.15. The number of thiazole rings is 1. The Morgan fingerprint density at radius 1 is 1.26 bits per heavy atom. The van der Waals surface area contributed by atoms with Gasteiger partial charge in [-0.1, -0.05) is 18.2 Å². The van der Waals surface area contributed by atoms with Gasteiger partial charge in [0.05, 0.1) is 0 Å². The van der Waals surface area contributed by atoms with E-state index in [9.17, 15) is 9.59 Å². The Labute approximate surface area is 112 Å². The largest absolute Gasteiger partial charge is 0.322 e. The predicted molar refractivity (Wildman–Crippen MR) is 73.7 cm³/mol. The highest BCUT2D eigenvalue weighted by atomic mass is 32.1. The Morgan fingerprint density at radius 2 is 2.05 bits per heavy atom. The number of nitrogens with zero attached hydrogens (tertiary/aromatic N) is 2. The van der Waals surface area contributed by atoms with Gasteiger partial charge in [0.2, 0.25) is 0 Å². The highest BCUT2D eigenvalue weighted by Gasteiger charge is 2.13. The molecule has 0 fully saturated rings. The molecule has 0 spiro atoms. The Hall–Kier alpha value is -2.47. The summed E-state index contributed by atoms with van der Waals surface area (Å²) in [6, 6.07) is 8.98. The van der Waals surface area contributed by atoms with E-state index in [1.165, 1.54) is 21.9 Å². The molecular formula is C13H9N3O2S. The molecule has 94 valence electrons. The van der Waals surface area contributed by atoms with Crippen molar-refractivity contribution in [2.45, 2.75) is 0 Å². The number of rotatable bonds is 2. The predicted octanol–water partition coefficient (Wildman–Crippen LogP) is 2.01. The summed E-state index contributed by atoms with van der Waals surface area (Å²) in [5, 5.41) is 4.42. The number of amides is 1. The number of hydrogen-bond donors (Lipinski definition) is 1. The maximum absolute atomic E-state index is 12.1. The molecule has 0 atom stereocenters. The van der Waals surface area contributed by atoms with Crippen molar-refractivity contribution in [3.63, 3.8) is 0 Å². The minimum absolute atomic E-state index is 0.0275. The van der Waals surface area contributed by atoms with Gasteiger partial charge in [0.15, 0.2) is 4.96 Å². The fourth-order valence-electron chi connectivity index (χ4n) is 1.70. The van der Waals surface area contributed by atoms with Crippen LogP contribution in [0.5, 0.6) is 0 Å². The highest BCUT2D eigenvalue weighted by Crippen LogP contribution is 2.08. The first-order valence-corrected chi connectivity index (χ1v) is 6.45. The standard InChI is InChI=1S/C13H9N3O2S/c17-11(15-9-4-2-1-3-5-9)10-8-14-13-16(12(10)18)6-7-19-13/h1-8H,(H,15,17). The number of nitrogens with one attached hydrogen (secondary N) is 1. The second kappa shape index (κ2) is 4.66. The van der Waals surface area contributed by atoms with E-state index in [-0.39, 0.29) is 11.1 Å². The van der Waals surface area contributed by atoms with Gasteiger partial charge in [-0.15, -0.1) is 11.3 Å². The van der Waals surface area contributed by atoms with Crippen LogP contribution in [0.4, 0.5) is 5.69 Å². The van der Waals surface area contributed by atoms with Gasteiger partial charge >= 0.3 is 0 Å². The second-order valence-electron chi connectivity index (χ2n) is 3.85. The number of carbonyl (C=O) groups is 1. The normalized spacial score (nSPS) is 10.5. The number of carbonyl (C=O) groups excluding carboxylic acids is 1. The topological polar surface area (TPSA) is 63.5 Å². The summed E-state index contributed by atoms with van der Waals surface area (Å²) in [6.45, 7) is 0. The Balaban J connectivity index is 1.98. The number of aromatic nitrogens is 2. The molecule has 3 aromatic rings. The zero-order valence-electron chi connectivity index (χ0n) is 9.74. The quantitative estimate of drug-likeness (QED) is 0.775. The van der Waals surface area contributed by atoms with Gasteiger partial charge in [0.1, 0.15) is 5.56 Å². The summed E-state index contributed by atoms with van der Waals surface area (Å²) in [4.78, 5) is 28.8. The van der Waals surface area contributed by atoms with Crippen molar-refractivity contribution in [2.75, 3.05) is 5.32 Å². The zero-order chi connectivity index (χ0) is 13.2. The first-order chi connectivity index (χ1) is 9.25. The van der Waals surface area contributed by atoms with Crippen molar-refractivity contribution in [1.29, 1.82) is 0 Å². The number of para-hydroxylation sites is 1. The van der Waals surface area contributed by atoms with Crippen LogP contribution in [-0.4, -0.2) is 15.3 Å². The molecule has 0 unspecified atom stereocenters. The molecule has 0 saturated heterocycles. The molecule has 0 saturated carbocycles. The number of fused-ring (bicyclic) bond motifs is 1. The van der Waals surface area contributed by atoms with Crippen molar-refractivity contribution in [1.82, 2.24) is 9.38 Å². The third-order valence-electron chi connectivity index (χ3n) is 2.62. The van der Waals surface area contributed by atoms with Gasteiger partial charge in [-0.3, -0.25) is 14.0 Å². The van der Waals surface area contributed by atoms with Gasteiger partial charge in [-0.25, -0.2) is 4.98 Å². The maximum atomic E-state index is 12.1. The summed E-state index contributed by atoms with van der Waals surface area (Å²) >= 11 is 1.35. The van der Waals surface area contributed by atoms with Crippen molar-refractivity contribution in [3.05, 3.63) is 64.0 Å². The third kappa shape index (κ3) is 2.13. The molecule has 3 rings (SSSR count). The summed E-state index contributed by atoms with van der Waals surface area (Å²) in [6.07, 6.45) is 2.92. The summed E-state index contributed by atoms with van der Waals surface area (Å²) in [5.41, 5.74) is 0.307. The Morgan fingerprint density at radius 3 is 2.84 bits per heavy atom. The molecule has 19 heavy (non-hydrogen) atoms. The van der Waals surface area contributed by atoms with Gasteiger partial charge in [0, 0.05) is 23.5 Å². The van der Waals surface area contributed by atoms with Gasteiger partial charge in [-0.05, 0) is 12.1 Å². The van der Waals surface area contributed by atoms with E-state index in [1.807, 2.05) is 18.2 Å². The van der Waals surface area contributed by atoms with Crippen LogP contribution in [0, 0.1) is 0 Å². The van der Waals surface area contributed by atoms with Crippen molar-refractivity contribution >= 4 is 27.9 Å². The van der Waals surface area contributed by atoms with Crippen LogP contribution in [0.2, 0.25) is 0 Å². The first kappa shape index (κ1) is 11.6. The average Bonchev–Trinajstić information content (AvgIpc) is 2.89. The minimum atomic E-state index is -0.454. The molecule has 0 aliphatic carbocycles. The van der Waals surface area contributed by atoms with Crippen LogP contribution in [0.25, 0.3) is 4.96 Å². The Kier molecular flexibility index (Phi) is 2.85.